The highest BCUT2D eigenvalue weighted by molar-refractivity contribution is 6.31. The standard InChI is InChI=1S/C32H35N3O6/c1-16(2)15-35-21-11-8-7-10-20(21)34-24(35)12-9-13-33-18(4)25-22(37)14-23-32(6,31(25)40)27-29(39)17(3)28(38)26(19(5)36)30(27)41-23/h7-8,10-11,14,16,33,38-39H,9,12-13,15H2,1-6H3. The number of phenols is 2. The summed E-state index contributed by atoms with van der Waals surface area (Å²) in [6.45, 7) is 11.7. The van der Waals surface area contributed by atoms with Crippen LogP contribution >= 0.6 is 0 Å². The number of carbonyl (C=O) groups is 3. The zero-order valence-corrected chi connectivity index (χ0v) is 24.2. The SMILES string of the molecule is CC(=O)c1c(O)c(C)c(O)c2c1OC1=CC(=O)C(=C(C)NCCCc3nc4ccccc4n3CC(C)C)C(=O)C12C. The molecule has 1 aliphatic carbocycles. The molecular weight excluding hydrogens is 522 g/mol. The molecule has 2 heterocycles. The highest BCUT2D eigenvalue weighted by atomic mass is 16.5. The number of hydrogen-bond acceptors (Lipinski definition) is 8. The van der Waals surface area contributed by atoms with Gasteiger partial charge in [-0.25, -0.2) is 4.98 Å². The number of carbonyl (C=O) groups excluding carboxylic acids is 3. The number of aryl methyl sites for hydroxylation is 1. The van der Waals surface area contributed by atoms with Crippen LogP contribution in [0.3, 0.4) is 0 Å². The Hall–Kier alpha value is -4.40. The third kappa shape index (κ3) is 4.40. The molecule has 0 saturated heterocycles. The first-order chi connectivity index (χ1) is 19.4. The second-order valence-electron chi connectivity index (χ2n) is 11.4. The number of Topliss-reactive ketones (excluding diaryl/α,β-unsaturated/α-hetero) is 2. The number of rotatable bonds is 8. The molecule has 5 rings (SSSR count). The topological polar surface area (TPSA) is 131 Å². The van der Waals surface area contributed by atoms with Crippen LogP contribution in [0, 0.1) is 12.8 Å². The molecule has 1 atom stereocenters. The van der Waals surface area contributed by atoms with Crippen LogP contribution in [0.1, 0.15) is 68.3 Å². The van der Waals surface area contributed by atoms with Crippen LogP contribution in [-0.2, 0) is 28.0 Å². The van der Waals surface area contributed by atoms with Crippen LogP contribution in [0.25, 0.3) is 11.0 Å². The molecule has 9 nitrogen and oxygen atoms in total. The number of imidazole rings is 1. The van der Waals surface area contributed by atoms with Gasteiger partial charge in [-0.2, -0.15) is 0 Å². The van der Waals surface area contributed by atoms with Crippen molar-refractivity contribution in [2.45, 2.75) is 66.3 Å². The molecule has 0 radical (unpaired) electrons. The Balaban J connectivity index is 1.41. The minimum atomic E-state index is -1.53. The van der Waals surface area contributed by atoms with Crippen molar-refractivity contribution in [3.05, 3.63) is 69.9 Å². The third-order valence-corrected chi connectivity index (χ3v) is 8.01. The summed E-state index contributed by atoms with van der Waals surface area (Å²) in [4.78, 5) is 44.3. The number of phenolic OH excluding ortho intramolecular Hbond substituents is 2. The fourth-order valence-electron chi connectivity index (χ4n) is 5.86. The molecule has 0 fully saturated rings. The summed E-state index contributed by atoms with van der Waals surface area (Å²) in [5, 5.41) is 24.7. The molecule has 0 bridgehead atoms. The lowest BCUT2D eigenvalue weighted by molar-refractivity contribution is -0.123. The lowest BCUT2D eigenvalue weighted by Gasteiger charge is -2.29. The summed E-state index contributed by atoms with van der Waals surface area (Å²) >= 11 is 0. The van der Waals surface area contributed by atoms with Crippen LogP contribution in [0.4, 0.5) is 0 Å². The molecule has 3 N–H and O–H groups in total. The number of allylic oxidation sites excluding steroid dienone is 4. The van der Waals surface area contributed by atoms with E-state index in [-0.39, 0.29) is 39.5 Å². The minimum absolute atomic E-state index is 0.0194. The lowest BCUT2D eigenvalue weighted by atomic mass is 9.70. The molecular formula is C32H35N3O6. The molecule has 0 saturated carbocycles. The van der Waals surface area contributed by atoms with E-state index in [1.807, 2.05) is 18.2 Å². The molecule has 41 heavy (non-hydrogen) atoms. The van der Waals surface area contributed by atoms with Gasteiger partial charge in [-0.05, 0) is 52.2 Å². The van der Waals surface area contributed by atoms with E-state index in [0.717, 1.165) is 29.8 Å². The predicted molar refractivity (Wildman–Crippen MR) is 154 cm³/mol. The Morgan fingerprint density at radius 2 is 1.85 bits per heavy atom. The van der Waals surface area contributed by atoms with E-state index >= 15 is 0 Å². The fourth-order valence-corrected chi connectivity index (χ4v) is 5.86. The molecule has 0 spiro atoms. The van der Waals surface area contributed by atoms with Crippen LogP contribution in [0.15, 0.2) is 47.4 Å². The zero-order valence-electron chi connectivity index (χ0n) is 24.2. The first kappa shape index (κ1) is 28.1. The summed E-state index contributed by atoms with van der Waals surface area (Å²) in [6.07, 6.45) is 2.66. The zero-order chi connectivity index (χ0) is 29.8. The van der Waals surface area contributed by atoms with E-state index in [1.54, 1.807) is 13.8 Å². The Kier molecular flexibility index (Phi) is 7.01. The van der Waals surface area contributed by atoms with Gasteiger partial charge in [0.25, 0.3) is 0 Å². The molecule has 1 aliphatic heterocycles. The highest BCUT2D eigenvalue weighted by Crippen LogP contribution is 2.57. The average molecular weight is 558 g/mol. The average Bonchev–Trinajstić information content (AvgIpc) is 3.40. The number of nitrogens with one attached hydrogen (secondary N) is 1. The van der Waals surface area contributed by atoms with Crippen molar-refractivity contribution in [1.82, 2.24) is 14.9 Å². The molecule has 2 aliphatic rings. The van der Waals surface area contributed by atoms with Gasteiger partial charge in [0.15, 0.2) is 17.3 Å². The predicted octanol–water partition coefficient (Wildman–Crippen LogP) is 4.80. The van der Waals surface area contributed by atoms with Crippen LogP contribution in [0.5, 0.6) is 17.2 Å². The lowest BCUT2D eigenvalue weighted by Crippen LogP contribution is -2.41. The maximum Gasteiger partial charge on any atom is 0.194 e. The number of fused-ring (bicyclic) bond motifs is 4. The second kappa shape index (κ2) is 10.2. The van der Waals surface area contributed by atoms with Gasteiger partial charge in [0, 0.05) is 36.8 Å². The van der Waals surface area contributed by atoms with Crippen molar-refractivity contribution < 1.29 is 29.3 Å². The normalized spacial score (nSPS) is 19.2. The van der Waals surface area contributed by atoms with E-state index in [1.165, 1.54) is 19.9 Å². The monoisotopic (exact) mass is 557 g/mol. The van der Waals surface area contributed by atoms with E-state index in [9.17, 15) is 24.6 Å². The van der Waals surface area contributed by atoms with Crippen molar-refractivity contribution in [2.24, 2.45) is 5.92 Å². The summed E-state index contributed by atoms with van der Waals surface area (Å²) in [6, 6.07) is 8.08. The van der Waals surface area contributed by atoms with E-state index in [2.05, 4.69) is 29.8 Å². The van der Waals surface area contributed by atoms with Gasteiger partial charge in [-0.15, -0.1) is 0 Å². The second-order valence-corrected chi connectivity index (χ2v) is 11.4. The minimum Gasteiger partial charge on any atom is -0.507 e. The quantitative estimate of drug-likeness (QED) is 0.156. The van der Waals surface area contributed by atoms with Gasteiger partial charge in [-0.1, -0.05) is 26.0 Å². The first-order valence-corrected chi connectivity index (χ1v) is 13.9. The van der Waals surface area contributed by atoms with Gasteiger partial charge in [0.1, 0.15) is 39.8 Å². The fraction of sp³-hybridized carbons (Fsp3) is 0.375. The molecule has 0 amide bonds. The smallest absolute Gasteiger partial charge is 0.194 e. The van der Waals surface area contributed by atoms with Crippen molar-refractivity contribution in [2.75, 3.05) is 6.54 Å². The van der Waals surface area contributed by atoms with E-state index in [4.69, 9.17) is 9.72 Å². The summed E-state index contributed by atoms with van der Waals surface area (Å²) in [5.74, 6) is -0.930. The van der Waals surface area contributed by atoms with Gasteiger partial charge in [0.2, 0.25) is 0 Å². The summed E-state index contributed by atoms with van der Waals surface area (Å²) in [5.41, 5.74) is 0.936. The highest BCUT2D eigenvalue weighted by Gasteiger charge is 2.56. The summed E-state index contributed by atoms with van der Waals surface area (Å²) < 4.78 is 8.08. The van der Waals surface area contributed by atoms with Crippen LogP contribution in [0.2, 0.25) is 0 Å². The van der Waals surface area contributed by atoms with E-state index < -0.39 is 28.5 Å². The first-order valence-electron chi connectivity index (χ1n) is 13.9. The largest absolute Gasteiger partial charge is 0.507 e. The number of para-hydroxylation sites is 2. The molecule has 1 aromatic heterocycles. The number of ketones is 3. The molecule has 1 unspecified atom stereocenters. The Morgan fingerprint density at radius 1 is 1.15 bits per heavy atom. The third-order valence-electron chi connectivity index (χ3n) is 8.01. The summed E-state index contributed by atoms with van der Waals surface area (Å²) in [7, 11) is 0. The van der Waals surface area contributed by atoms with Gasteiger partial charge >= 0.3 is 0 Å². The van der Waals surface area contributed by atoms with Crippen molar-refractivity contribution in [1.29, 1.82) is 0 Å². The van der Waals surface area contributed by atoms with Gasteiger partial charge in [0.05, 0.1) is 22.2 Å². The van der Waals surface area contributed by atoms with Gasteiger partial charge in [-0.3, -0.25) is 14.4 Å². The maximum atomic E-state index is 14.0. The Morgan fingerprint density at radius 3 is 2.54 bits per heavy atom. The van der Waals surface area contributed by atoms with E-state index in [0.29, 0.717) is 24.6 Å². The maximum absolute atomic E-state index is 14.0. The van der Waals surface area contributed by atoms with Gasteiger partial charge < -0.3 is 24.8 Å². The number of benzene rings is 2. The number of nitrogens with zero attached hydrogens (tertiary/aromatic N) is 2. The Bertz CT molecular complexity index is 1690. The van der Waals surface area contributed by atoms with Crippen molar-refractivity contribution in [3.8, 4) is 17.2 Å². The molecule has 2 aromatic carbocycles. The Labute approximate surface area is 238 Å². The molecule has 9 heteroatoms. The van der Waals surface area contributed by atoms with Crippen molar-refractivity contribution in [3.63, 3.8) is 0 Å². The molecule has 3 aromatic rings. The number of hydrogen-bond donors (Lipinski definition) is 3. The molecule has 214 valence electrons. The van der Waals surface area contributed by atoms with Crippen molar-refractivity contribution >= 4 is 28.4 Å². The number of ether oxygens (including phenoxy) is 1. The van der Waals surface area contributed by atoms with Crippen LogP contribution in [-0.4, -0.2) is 43.7 Å². The number of aromatic hydroxyl groups is 2. The number of aromatic nitrogens is 2. The van der Waals surface area contributed by atoms with Crippen LogP contribution < -0.4 is 10.1 Å².